The van der Waals surface area contributed by atoms with Gasteiger partial charge in [0.2, 0.25) is 0 Å². The monoisotopic (exact) mass is 317 g/mol. The lowest BCUT2D eigenvalue weighted by Gasteiger charge is -2.19. The second-order valence-corrected chi connectivity index (χ2v) is 5.32. The Kier molecular flexibility index (Phi) is 4.45. The number of carboxylic acid groups (broad SMARTS) is 1. The van der Waals surface area contributed by atoms with Gasteiger partial charge >= 0.3 is 5.97 Å². The second-order valence-electron chi connectivity index (χ2n) is 4.47. The summed E-state index contributed by atoms with van der Waals surface area (Å²) in [6, 6.07) is 4.18. The summed E-state index contributed by atoms with van der Waals surface area (Å²) in [5.74, 6) is -2.33. The summed E-state index contributed by atoms with van der Waals surface area (Å²) in [4.78, 5) is 22.7. The van der Waals surface area contributed by atoms with Gasteiger partial charge in [-0.3, -0.25) is 9.59 Å². The molecule has 0 heterocycles. The van der Waals surface area contributed by atoms with Crippen LogP contribution in [0.5, 0.6) is 0 Å². The van der Waals surface area contributed by atoms with E-state index in [4.69, 9.17) is 5.11 Å². The standard InChI is InChI=1S/C12H13BrFNO3/c1-12(2,11(17)18)6-15-10(16)9-7(13)4-3-5-8(9)14/h3-5H,6H2,1-2H3,(H,15,16)(H,17,18). The second kappa shape index (κ2) is 5.48. The van der Waals surface area contributed by atoms with Crippen molar-refractivity contribution in [3.05, 3.63) is 34.1 Å². The van der Waals surface area contributed by atoms with Crippen molar-refractivity contribution in [2.45, 2.75) is 13.8 Å². The van der Waals surface area contributed by atoms with E-state index in [9.17, 15) is 14.0 Å². The predicted molar refractivity (Wildman–Crippen MR) is 67.9 cm³/mol. The first-order valence-electron chi connectivity index (χ1n) is 5.21. The lowest BCUT2D eigenvalue weighted by atomic mass is 9.94. The van der Waals surface area contributed by atoms with Crippen LogP contribution >= 0.6 is 15.9 Å². The fraction of sp³-hybridized carbons (Fsp3) is 0.333. The molecule has 2 N–H and O–H groups in total. The molecule has 0 aromatic heterocycles. The number of carboxylic acids is 1. The topological polar surface area (TPSA) is 66.4 Å². The van der Waals surface area contributed by atoms with Crippen LogP contribution < -0.4 is 5.32 Å². The highest BCUT2D eigenvalue weighted by Gasteiger charge is 2.28. The molecule has 18 heavy (non-hydrogen) atoms. The first-order valence-corrected chi connectivity index (χ1v) is 6.00. The first-order chi connectivity index (χ1) is 8.25. The van der Waals surface area contributed by atoms with Gasteiger partial charge < -0.3 is 10.4 Å². The summed E-state index contributed by atoms with van der Waals surface area (Å²) >= 11 is 3.08. The number of halogens is 2. The quantitative estimate of drug-likeness (QED) is 0.896. The Labute approximate surface area is 112 Å². The molecule has 6 heteroatoms. The molecule has 0 aliphatic carbocycles. The molecule has 4 nitrogen and oxygen atoms in total. The van der Waals surface area contributed by atoms with Gasteiger partial charge in [-0.25, -0.2) is 4.39 Å². The average Bonchev–Trinajstić information content (AvgIpc) is 2.26. The Balaban J connectivity index is 2.82. The van der Waals surface area contributed by atoms with Gasteiger partial charge in [-0.05, 0) is 41.9 Å². The number of aliphatic carboxylic acids is 1. The van der Waals surface area contributed by atoms with E-state index >= 15 is 0 Å². The number of amides is 1. The molecule has 0 fully saturated rings. The summed E-state index contributed by atoms with van der Waals surface area (Å²) < 4.78 is 13.8. The number of nitrogens with one attached hydrogen (secondary N) is 1. The SMILES string of the molecule is CC(C)(CNC(=O)c1c(F)cccc1Br)C(=O)O. The van der Waals surface area contributed by atoms with Crippen LogP contribution in [0.15, 0.2) is 22.7 Å². The highest BCUT2D eigenvalue weighted by molar-refractivity contribution is 9.10. The summed E-state index contributed by atoms with van der Waals surface area (Å²) in [6.45, 7) is 2.87. The van der Waals surface area contributed by atoms with E-state index < -0.39 is 23.1 Å². The molecule has 0 bridgehead atoms. The molecule has 0 saturated heterocycles. The maximum atomic E-state index is 13.5. The zero-order valence-corrected chi connectivity index (χ0v) is 11.5. The lowest BCUT2D eigenvalue weighted by molar-refractivity contribution is -0.146. The molecule has 98 valence electrons. The molecule has 0 spiro atoms. The average molecular weight is 318 g/mol. The summed E-state index contributed by atoms with van der Waals surface area (Å²) in [6.07, 6.45) is 0. The molecule has 0 saturated carbocycles. The van der Waals surface area contributed by atoms with E-state index in [2.05, 4.69) is 21.2 Å². The van der Waals surface area contributed by atoms with Gasteiger partial charge in [0, 0.05) is 11.0 Å². The molecule has 1 rings (SSSR count). The molecule has 0 aliphatic rings. The van der Waals surface area contributed by atoms with Crippen molar-refractivity contribution in [3.63, 3.8) is 0 Å². The van der Waals surface area contributed by atoms with Gasteiger partial charge in [-0.15, -0.1) is 0 Å². The van der Waals surface area contributed by atoms with Crippen molar-refractivity contribution in [1.82, 2.24) is 5.32 Å². The lowest BCUT2D eigenvalue weighted by Crippen LogP contribution is -2.39. The van der Waals surface area contributed by atoms with Crippen molar-refractivity contribution in [1.29, 1.82) is 0 Å². The highest BCUT2D eigenvalue weighted by atomic mass is 79.9. The number of benzene rings is 1. The van der Waals surface area contributed by atoms with Gasteiger partial charge in [0.05, 0.1) is 11.0 Å². The maximum absolute atomic E-state index is 13.5. The number of carbonyl (C=O) groups excluding carboxylic acids is 1. The van der Waals surface area contributed by atoms with Gasteiger partial charge in [0.15, 0.2) is 0 Å². The molecule has 0 aliphatic heterocycles. The third-order valence-corrected chi connectivity index (χ3v) is 3.12. The number of hydrogen-bond acceptors (Lipinski definition) is 2. The fourth-order valence-electron chi connectivity index (χ4n) is 1.18. The van der Waals surface area contributed by atoms with E-state index in [0.29, 0.717) is 4.47 Å². The summed E-state index contributed by atoms with van der Waals surface area (Å²) in [5.41, 5.74) is -1.23. The van der Waals surface area contributed by atoms with Crippen LogP contribution in [-0.2, 0) is 4.79 Å². The Morgan fingerprint density at radius 3 is 2.56 bits per heavy atom. The van der Waals surface area contributed by atoms with E-state index in [1.807, 2.05) is 0 Å². The molecule has 1 amide bonds. The van der Waals surface area contributed by atoms with E-state index in [1.54, 1.807) is 6.07 Å². The van der Waals surface area contributed by atoms with Gasteiger partial charge in [-0.2, -0.15) is 0 Å². The van der Waals surface area contributed by atoms with E-state index in [-0.39, 0.29) is 12.1 Å². The normalized spacial score (nSPS) is 11.1. The minimum absolute atomic E-state index is 0.0814. The molecule has 1 aromatic rings. The highest BCUT2D eigenvalue weighted by Crippen LogP contribution is 2.20. The van der Waals surface area contributed by atoms with E-state index in [0.717, 1.165) is 0 Å². The Hall–Kier alpha value is -1.43. The summed E-state index contributed by atoms with van der Waals surface area (Å²) in [7, 11) is 0. The van der Waals surface area contributed by atoms with Crippen molar-refractivity contribution in [2.24, 2.45) is 5.41 Å². The zero-order valence-electron chi connectivity index (χ0n) is 9.96. The fourth-order valence-corrected chi connectivity index (χ4v) is 1.70. The number of carbonyl (C=O) groups is 2. The Morgan fingerprint density at radius 2 is 2.06 bits per heavy atom. The predicted octanol–water partition coefficient (Wildman–Crippen LogP) is 2.43. The van der Waals surface area contributed by atoms with Crippen molar-refractivity contribution in [3.8, 4) is 0 Å². The maximum Gasteiger partial charge on any atom is 0.310 e. The van der Waals surface area contributed by atoms with Gasteiger partial charge in [-0.1, -0.05) is 6.07 Å². The van der Waals surface area contributed by atoms with Crippen molar-refractivity contribution >= 4 is 27.8 Å². The molecule has 0 unspecified atom stereocenters. The van der Waals surface area contributed by atoms with Gasteiger partial charge in [0.25, 0.3) is 5.91 Å². The smallest absolute Gasteiger partial charge is 0.310 e. The number of rotatable bonds is 4. The van der Waals surface area contributed by atoms with Crippen LogP contribution in [0, 0.1) is 11.2 Å². The van der Waals surface area contributed by atoms with Crippen LogP contribution in [0.25, 0.3) is 0 Å². The first kappa shape index (κ1) is 14.6. The van der Waals surface area contributed by atoms with Crippen molar-refractivity contribution in [2.75, 3.05) is 6.54 Å². The van der Waals surface area contributed by atoms with Crippen molar-refractivity contribution < 1.29 is 19.1 Å². The van der Waals surface area contributed by atoms with Crippen LogP contribution in [0.4, 0.5) is 4.39 Å². The minimum atomic E-state index is -1.10. The van der Waals surface area contributed by atoms with E-state index in [1.165, 1.54) is 26.0 Å². The van der Waals surface area contributed by atoms with Crippen LogP contribution in [-0.4, -0.2) is 23.5 Å². The van der Waals surface area contributed by atoms with Crippen LogP contribution in [0.3, 0.4) is 0 Å². The molecular weight excluding hydrogens is 305 g/mol. The Morgan fingerprint density at radius 1 is 1.44 bits per heavy atom. The Bertz CT molecular complexity index is 468. The third kappa shape index (κ3) is 3.29. The molecule has 0 atom stereocenters. The largest absolute Gasteiger partial charge is 0.481 e. The molecule has 1 aromatic carbocycles. The molecule has 0 radical (unpaired) electrons. The van der Waals surface area contributed by atoms with Crippen LogP contribution in [0.2, 0.25) is 0 Å². The number of hydrogen-bond donors (Lipinski definition) is 2. The molecular formula is C12H13BrFNO3. The van der Waals surface area contributed by atoms with Gasteiger partial charge in [0.1, 0.15) is 5.82 Å². The van der Waals surface area contributed by atoms with Crippen LogP contribution in [0.1, 0.15) is 24.2 Å². The summed E-state index contributed by atoms with van der Waals surface area (Å²) in [5, 5.41) is 11.3. The third-order valence-electron chi connectivity index (χ3n) is 2.46. The zero-order chi connectivity index (χ0) is 13.9. The minimum Gasteiger partial charge on any atom is -0.481 e.